The van der Waals surface area contributed by atoms with Crippen LogP contribution in [-0.4, -0.2) is 11.7 Å². The molecule has 2 heteroatoms. The predicted molar refractivity (Wildman–Crippen MR) is 39.5 cm³/mol. The minimum atomic E-state index is 0.882. The number of aryl methyl sites for hydroxylation is 1. The predicted octanol–water partition coefficient (Wildman–Crippen LogP) is 1.96. The van der Waals surface area contributed by atoms with Gasteiger partial charge in [-0.15, -0.1) is 0 Å². The molecule has 2 nitrogen and oxygen atoms in total. The fourth-order valence-corrected chi connectivity index (χ4v) is 0.744. The number of aromatic amines is 1. The van der Waals surface area contributed by atoms with Gasteiger partial charge in [-0.05, 0) is 31.7 Å². The second kappa shape index (κ2) is 2.05. The van der Waals surface area contributed by atoms with Crippen LogP contribution < -0.4 is 0 Å². The standard InChI is InChI=1S/C7H10N2/c1-5-4-9-7(8-3)6(5)2/h4,9H,3H2,1-2H3. The molecule has 0 atom stereocenters. The molecular weight excluding hydrogens is 112 g/mol. The second-order valence-corrected chi connectivity index (χ2v) is 2.10. The van der Waals surface area contributed by atoms with Gasteiger partial charge in [0.15, 0.2) is 0 Å². The Morgan fingerprint density at radius 2 is 2.22 bits per heavy atom. The molecule has 0 spiro atoms. The average Bonchev–Trinajstić information content (AvgIpc) is 2.15. The molecular formula is C7H10N2. The van der Waals surface area contributed by atoms with Crippen LogP contribution >= 0.6 is 0 Å². The smallest absolute Gasteiger partial charge is 0.132 e. The zero-order chi connectivity index (χ0) is 6.85. The fraction of sp³-hybridized carbons (Fsp3) is 0.286. The third kappa shape index (κ3) is 0.875. The molecule has 0 bridgehead atoms. The van der Waals surface area contributed by atoms with E-state index in [2.05, 4.69) is 16.7 Å². The largest absolute Gasteiger partial charge is 0.346 e. The number of rotatable bonds is 1. The molecule has 1 rings (SSSR count). The van der Waals surface area contributed by atoms with Crippen LogP contribution in [0.25, 0.3) is 0 Å². The lowest BCUT2D eigenvalue weighted by Crippen LogP contribution is -1.68. The second-order valence-electron chi connectivity index (χ2n) is 2.10. The van der Waals surface area contributed by atoms with Crippen molar-refractivity contribution >= 4 is 12.5 Å². The van der Waals surface area contributed by atoms with Crippen molar-refractivity contribution in [3.05, 3.63) is 17.3 Å². The first kappa shape index (κ1) is 6.08. The first-order valence-corrected chi connectivity index (χ1v) is 2.87. The van der Waals surface area contributed by atoms with Crippen molar-refractivity contribution in [3.63, 3.8) is 0 Å². The van der Waals surface area contributed by atoms with Gasteiger partial charge < -0.3 is 4.98 Å². The highest BCUT2D eigenvalue weighted by molar-refractivity contribution is 5.48. The lowest BCUT2D eigenvalue weighted by atomic mass is 10.2. The van der Waals surface area contributed by atoms with Gasteiger partial charge in [0, 0.05) is 6.20 Å². The van der Waals surface area contributed by atoms with Crippen molar-refractivity contribution < 1.29 is 0 Å². The summed E-state index contributed by atoms with van der Waals surface area (Å²) in [5, 5.41) is 0. The Hall–Kier alpha value is -1.05. The molecule has 0 aromatic carbocycles. The fourth-order valence-electron chi connectivity index (χ4n) is 0.744. The van der Waals surface area contributed by atoms with Crippen LogP contribution in [0.5, 0.6) is 0 Å². The number of aromatic nitrogens is 1. The maximum Gasteiger partial charge on any atom is 0.132 e. The van der Waals surface area contributed by atoms with Gasteiger partial charge in [-0.3, -0.25) is 0 Å². The summed E-state index contributed by atoms with van der Waals surface area (Å²) in [6.45, 7) is 7.49. The first-order valence-electron chi connectivity index (χ1n) is 2.87. The van der Waals surface area contributed by atoms with Crippen molar-refractivity contribution in [3.8, 4) is 0 Å². The molecule has 9 heavy (non-hydrogen) atoms. The third-order valence-corrected chi connectivity index (χ3v) is 1.53. The third-order valence-electron chi connectivity index (χ3n) is 1.53. The Bertz CT molecular complexity index is 223. The highest BCUT2D eigenvalue weighted by atomic mass is 14.9. The van der Waals surface area contributed by atoms with Gasteiger partial charge in [-0.1, -0.05) is 0 Å². The van der Waals surface area contributed by atoms with E-state index >= 15 is 0 Å². The SMILES string of the molecule is C=Nc1[nH]cc(C)c1C. The minimum Gasteiger partial charge on any atom is -0.346 e. The van der Waals surface area contributed by atoms with Gasteiger partial charge in [0.25, 0.3) is 0 Å². The van der Waals surface area contributed by atoms with Crippen molar-refractivity contribution in [1.29, 1.82) is 0 Å². The zero-order valence-electron chi connectivity index (χ0n) is 5.73. The number of H-pyrrole nitrogens is 1. The maximum atomic E-state index is 3.79. The van der Waals surface area contributed by atoms with E-state index in [0.29, 0.717) is 0 Å². The van der Waals surface area contributed by atoms with Crippen molar-refractivity contribution in [1.82, 2.24) is 4.98 Å². The normalized spacial score (nSPS) is 9.56. The van der Waals surface area contributed by atoms with E-state index < -0.39 is 0 Å². The van der Waals surface area contributed by atoms with Gasteiger partial charge in [-0.2, -0.15) is 0 Å². The molecule has 48 valence electrons. The Morgan fingerprint density at radius 1 is 1.56 bits per heavy atom. The molecule has 0 aliphatic carbocycles. The highest BCUT2D eigenvalue weighted by Crippen LogP contribution is 2.18. The monoisotopic (exact) mass is 122 g/mol. The molecule has 1 aromatic heterocycles. The topological polar surface area (TPSA) is 28.1 Å². The van der Waals surface area contributed by atoms with E-state index in [-0.39, 0.29) is 0 Å². The van der Waals surface area contributed by atoms with Gasteiger partial charge >= 0.3 is 0 Å². The van der Waals surface area contributed by atoms with Gasteiger partial charge in [-0.25, -0.2) is 4.99 Å². The lowest BCUT2D eigenvalue weighted by Gasteiger charge is -1.87. The Labute approximate surface area is 54.6 Å². The van der Waals surface area contributed by atoms with Gasteiger partial charge in [0.2, 0.25) is 0 Å². The number of hydrogen-bond donors (Lipinski definition) is 1. The summed E-state index contributed by atoms with van der Waals surface area (Å²) in [4.78, 5) is 6.78. The molecule has 0 saturated carbocycles. The molecule has 0 unspecified atom stereocenters. The van der Waals surface area contributed by atoms with Crippen LogP contribution in [0, 0.1) is 13.8 Å². The molecule has 0 saturated heterocycles. The Balaban J connectivity index is 3.18. The zero-order valence-corrected chi connectivity index (χ0v) is 5.73. The molecule has 0 fully saturated rings. The van der Waals surface area contributed by atoms with E-state index in [1.54, 1.807) is 0 Å². The van der Waals surface area contributed by atoms with Crippen LogP contribution in [0.2, 0.25) is 0 Å². The summed E-state index contributed by atoms with van der Waals surface area (Å²) >= 11 is 0. The summed E-state index contributed by atoms with van der Waals surface area (Å²) < 4.78 is 0. The summed E-state index contributed by atoms with van der Waals surface area (Å²) in [5.74, 6) is 0.882. The quantitative estimate of drug-likeness (QED) is 0.551. The number of nitrogens with zero attached hydrogens (tertiary/aromatic N) is 1. The van der Waals surface area contributed by atoms with Crippen LogP contribution in [0.15, 0.2) is 11.2 Å². The summed E-state index contributed by atoms with van der Waals surface area (Å²) in [6, 6.07) is 0. The summed E-state index contributed by atoms with van der Waals surface area (Å²) in [5.41, 5.74) is 2.42. The lowest BCUT2D eigenvalue weighted by molar-refractivity contribution is 1.32. The summed E-state index contributed by atoms with van der Waals surface area (Å²) in [7, 11) is 0. The van der Waals surface area contributed by atoms with Crippen LogP contribution in [0.3, 0.4) is 0 Å². The number of aliphatic imine (C=N–C) groups is 1. The molecule has 1 aromatic rings. The molecule has 1 N–H and O–H groups in total. The number of nitrogens with one attached hydrogen (secondary N) is 1. The van der Waals surface area contributed by atoms with Gasteiger partial charge in [0.05, 0.1) is 0 Å². The molecule has 0 aliphatic heterocycles. The molecule has 0 aliphatic rings. The van der Waals surface area contributed by atoms with Crippen LogP contribution in [0.1, 0.15) is 11.1 Å². The maximum absolute atomic E-state index is 3.79. The van der Waals surface area contributed by atoms with E-state index in [1.807, 2.05) is 20.0 Å². The molecule has 1 heterocycles. The van der Waals surface area contributed by atoms with E-state index in [4.69, 9.17) is 0 Å². The van der Waals surface area contributed by atoms with Crippen LogP contribution in [-0.2, 0) is 0 Å². The molecule has 0 amide bonds. The average molecular weight is 122 g/mol. The Kier molecular flexibility index (Phi) is 1.39. The van der Waals surface area contributed by atoms with E-state index in [1.165, 1.54) is 11.1 Å². The van der Waals surface area contributed by atoms with E-state index in [0.717, 1.165) is 5.82 Å². The van der Waals surface area contributed by atoms with Gasteiger partial charge in [0.1, 0.15) is 5.82 Å². The summed E-state index contributed by atoms with van der Waals surface area (Å²) in [6.07, 6.45) is 1.93. The Morgan fingerprint density at radius 3 is 2.44 bits per heavy atom. The molecule has 0 radical (unpaired) electrons. The van der Waals surface area contributed by atoms with E-state index in [9.17, 15) is 0 Å². The highest BCUT2D eigenvalue weighted by Gasteiger charge is 1.97. The van der Waals surface area contributed by atoms with Crippen molar-refractivity contribution in [2.75, 3.05) is 0 Å². The minimum absolute atomic E-state index is 0.882. The van der Waals surface area contributed by atoms with Crippen molar-refractivity contribution in [2.24, 2.45) is 4.99 Å². The van der Waals surface area contributed by atoms with Crippen molar-refractivity contribution in [2.45, 2.75) is 13.8 Å². The first-order chi connectivity index (χ1) is 4.25. The number of hydrogen-bond acceptors (Lipinski definition) is 1. The van der Waals surface area contributed by atoms with Crippen LogP contribution in [0.4, 0.5) is 5.82 Å².